The Labute approximate surface area is 156 Å². The smallest absolute Gasteiger partial charge is 0.326 e. The minimum absolute atomic E-state index is 0.226. The van der Waals surface area contributed by atoms with Crippen LogP contribution in [-0.4, -0.2) is 36.9 Å². The lowest BCUT2D eigenvalue weighted by Crippen LogP contribution is -2.36. The molecule has 0 saturated heterocycles. The lowest BCUT2D eigenvalue weighted by molar-refractivity contribution is -0.146. The van der Waals surface area contributed by atoms with E-state index in [0.717, 1.165) is 0 Å². The number of benzene rings is 2. The van der Waals surface area contributed by atoms with Crippen LogP contribution in [0.1, 0.15) is 17.3 Å². The minimum Gasteiger partial charge on any atom is -0.484 e. The highest BCUT2D eigenvalue weighted by molar-refractivity contribution is 6.30. The number of para-hydroxylation sites is 1. The average Bonchev–Trinajstić information content (AvgIpc) is 2.65. The first-order chi connectivity index (χ1) is 12.5. The van der Waals surface area contributed by atoms with Gasteiger partial charge in [0.05, 0.1) is 0 Å². The quantitative estimate of drug-likeness (QED) is 0.566. The summed E-state index contributed by atoms with van der Waals surface area (Å²) in [4.78, 5) is 35.6. The summed E-state index contributed by atoms with van der Waals surface area (Å²) in [6.07, 6.45) is -0.971. The summed E-state index contributed by atoms with van der Waals surface area (Å²) < 4.78 is 10.3. The zero-order valence-electron chi connectivity index (χ0n) is 14.1. The first kappa shape index (κ1) is 19.5. The SMILES string of the molecule is CC(OC(=O)CNC(=O)COc1ccccc1)C(=O)c1ccc(Cl)cc1. The van der Waals surface area contributed by atoms with Crippen molar-refractivity contribution in [2.45, 2.75) is 13.0 Å². The molecular formula is C19H18ClNO5. The van der Waals surface area contributed by atoms with Crippen LogP contribution in [-0.2, 0) is 14.3 Å². The lowest BCUT2D eigenvalue weighted by Gasteiger charge is -2.13. The number of halogens is 1. The van der Waals surface area contributed by atoms with Crippen molar-refractivity contribution in [3.05, 3.63) is 65.2 Å². The van der Waals surface area contributed by atoms with Crippen LogP contribution < -0.4 is 10.1 Å². The van der Waals surface area contributed by atoms with Crippen LogP contribution in [0.15, 0.2) is 54.6 Å². The van der Waals surface area contributed by atoms with E-state index >= 15 is 0 Å². The van der Waals surface area contributed by atoms with Gasteiger partial charge in [0.15, 0.2) is 12.7 Å². The molecule has 26 heavy (non-hydrogen) atoms. The van der Waals surface area contributed by atoms with Gasteiger partial charge in [-0.1, -0.05) is 29.8 Å². The van der Waals surface area contributed by atoms with E-state index in [0.29, 0.717) is 16.3 Å². The fraction of sp³-hybridized carbons (Fsp3) is 0.211. The number of hydrogen-bond acceptors (Lipinski definition) is 5. The van der Waals surface area contributed by atoms with E-state index in [1.807, 2.05) is 6.07 Å². The Morgan fingerprint density at radius 3 is 2.35 bits per heavy atom. The van der Waals surface area contributed by atoms with E-state index in [2.05, 4.69) is 5.32 Å². The van der Waals surface area contributed by atoms with Gasteiger partial charge in [0.1, 0.15) is 12.3 Å². The molecule has 0 aliphatic heterocycles. The molecule has 2 aromatic rings. The molecule has 0 heterocycles. The van der Waals surface area contributed by atoms with Crippen LogP contribution in [0, 0.1) is 0 Å². The van der Waals surface area contributed by atoms with Crippen molar-refractivity contribution in [3.63, 3.8) is 0 Å². The average molecular weight is 376 g/mol. The number of esters is 1. The highest BCUT2D eigenvalue weighted by Crippen LogP contribution is 2.12. The van der Waals surface area contributed by atoms with E-state index in [9.17, 15) is 14.4 Å². The van der Waals surface area contributed by atoms with E-state index in [1.165, 1.54) is 6.92 Å². The standard InChI is InChI=1S/C19H18ClNO5/c1-13(19(24)14-7-9-15(20)10-8-14)26-18(23)11-21-17(22)12-25-16-5-3-2-4-6-16/h2-10,13H,11-12H2,1H3,(H,21,22). The normalized spacial score (nSPS) is 11.3. The maximum Gasteiger partial charge on any atom is 0.326 e. The van der Waals surface area contributed by atoms with Crippen molar-refractivity contribution in [2.75, 3.05) is 13.2 Å². The van der Waals surface area contributed by atoms with Gasteiger partial charge < -0.3 is 14.8 Å². The van der Waals surface area contributed by atoms with Gasteiger partial charge in [-0.25, -0.2) is 0 Å². The maximum absolute atomic E-state index is 12.2. The van der Waals surface area contributed by atoms with Crippen LogP contribution >= 0.6 is 11.6 Å². The Balaban J connectivity index is 1.72. The molecule has 2 aromatic carbocycles. The summed E-state index contributed by atoms with van der Waals surface area (Å²) in [5.41, 5.74) is 0.384. The van der Waals surface area contributed by atoms with E-state index in [1.54, 1.807) is 48.5 Å². The second-order valence-corrected chi connectivity index (χ2v) is 5.82. The van der Waals surface area contributed by atoms with Crippen molar-refractivity contribution < 1.29 is 23.9 Å². The Kier molecular flexibility index (Phi) is 7.17. The van der Waals surface area contributed by atoms with Gasteiger partial charge in [0.2, 0.25) is 5.78 Å². The van der Waals surface area contributed by atoms with Gasteiger partial charge in [-0.3, -0.25) is 14.4 Å². The molecule has 1 N–H and O–H groups in total. The molecule has 0 bridgehead atoms. The second-order valence-electron chi connectivity index (χ2n) is 5.38. The number of hydrogen-bond donors (Lipinski definition) is 1. The Morgan fingerprint density at radius 2 is 1.69 bits per heavy atom. The van der Waals surface area contributed by atoms with Crippen molar-refractivity contribution in [3.8, 4) is 5.75 Å². The molecule has 6 nitrogen and oxygen atoms in total. The molecule has 0 fully saturated rings. The summed E-state index contributed by atoms with van der Waals surface area (Å²) >= 11 is 5.77. The second kappa shape index (κ2) is 9.58. The maximum atomic E-state index is 12.2. The third-order valence-electron chi connectivity index (χ3n) is 3.35. The molecule has 1 amide bonds. The number of carbonyl (C=O) groups excluding carboxylic acids is 3. The zero-order chi connectivity index (χ0) is 18.9. The monoisotopic (exact) mass is 375 g/mol. The fourth-order valence-corrected chi connectivity index (χ4v) is 2.15. The van der Waals surface area contributed by atoms with Crippen LogP contribution in [0.5, 0.6) is 5.75 Å². The van der Waals surface area contributed by atoms with Crippen molar-refractivity contribution in [1.82, 2.24) is 5.32 Å². The molecule has 7 heteroatoms. The predicted octanol–water partition coefficient (Wildman–Crippen LogP) is 2.65. The molecule has 0 aromatic heterocycles. The third kappa shape index (κ3) is 6.22. The highest BCUT2D eigenvalue weighted by Gasteiger charge is 2.19. The van der Waals surface area contributed by atoms with Crippen LogP contribution in [0.4, 0.5) is 0 Å². The van der Waals surface area contributed by atoms with E-state index < -0.39 is 18.0 Å². The van der Waals surface area contributed by atoms with Gasteiger partial charge in [-0.2, -0.15) is 0 Å². The number of nitrogens with one attached hydrogen (secondary N) is 1. The molecule has 0 spiro atoms. The van der Waals surface area contributed by atoms with Crippen molar-refractivity contribution >= 4 is 29.3 Å². The Bertz CT molecular complexity index is 761. The largest absolute Gasteiger partial charge is 0.484 e. The molecule has 0 aliphatic carbocycles. The molecule has 2 rings (SSSR count). The van der Waals surface area contributed by atoms with E-state index in [4.69, 9.17) is 21.1 Å². The van der Waals surface area contributed by atoms with Gasteiger partial charge in [-0.05, 0) is 43.3 Å². The van der Waals surface area contributed by atoms with Crippen molar-refractivity contribution in [2.24, 2.45) is 0 Å². The number of ether oxygens (including phenoxy) is 2. The number of amides is 1. The summed E-state index contributed by atoms with van der Waals surface area (Å²) in [5, 5.41) is 2.88. The Hall–Kier alpha value is -2.86. The Morgan fingerprint density at radius 1 is 1.04 bits per heavy atom. The predicted molar refractivity (Wildman–Crippen MR) is 96.3 cm³/mol. The number of Topliss-reactive ketones (excluding diaryl/α,β-unsaturated/α-hetero) is 1. The third-order valence-corrected chi connectivity index (χ3v) is 3.60. The fourth-order valence-electron chi connectivity index (χ4n) is 2.03. The summed E-state index contributed by atoms with van der Waals surface area (Å²) in [7, 11) is 0. The van der Waals surface area contributed by atoms with Gasteiger partial charge in [0, 0.05) is 10.6 Å². The number of carbonyl (C=O) groups is 3. The molecule has 1 atom stereocenters. The van der Waals surface area contributed by atoms with Gasteiger partial charge in [0.25, 0.3) is 5.91 Å². The van der Waals surface area contributed by atoms with Crippen molar-refractivity contribution in [1.29, 1.82) is 0 Å². The number of ketones is 1. The van der Waals surface area contributed by atoms with Crippen LogP contribution in [0.3, 0.4) is 0 Å². The first-order valence-corrected chi connectivity index (χ1v) is 8.27. The summed E-state index contributed by atoms with van der Waals surface area (Å²) in [5.74, 6) is -0.989. The zero-order valence-corrected chi connectivity index (χ0v) is 14.9. The molecule has 1 unspecified atom stereocenters. The molecule has 0 saturated carbocycles. The lowest BCUT2D eigenvalue weighted by atomic mass is 10.1. The first-order valence-electron chi connectivity index (χ1n) is 7.89. The van der Waals surface area contributed by atoms with Crippen LogP contribution in [0.25, 0.3) is 0 Å². The van der Waals surface area contributed by atoms with Gasteiger partial charge >= 0.3 is 5.97 Å². The molecule has 0 radical (unpaired) electrons. The molecule has 0 aliphatic rings. The highest BCUT2D eigenvalue weighted by atomic mass is 35.5. The molecular weight excluding hydrogens is 358 g/mol. The summed E-state index contributed by atoms with van der Waals surface area (Å²) in [6, 6.07) is 15.1. The van der Waals surface area contributed by atoms with E-state index in [-0.39, 0.29) is 18.9 Å². The summed E-state index contributed by atoms with van der Waals surface area (Å²) in [6.45, 7) is 0.890. The topological polar surface area (TPSA) is 81.7 Å². The molecule has 136 valence electrons. The minimum atomic E-state index is -0.971. The number of rotatable bonds is 8. The van der Waals surface area contributed by atoms with Gasteiger partial charge in [-0.15, -0.1) is 0 Å². The van der Waals surface area contributed by atoms with Crippen LogP contribution in [0.2, 0.25) is 5.02 Å².